The standard InChI is InChI=1S/C19H35N3O3.HI/c1-2-20-19(21-13-15-5-3-7-18(15)23)22-10-8-16(9-11-22)25-14-17-6-4-12-24-17;/h15-18,23H,2-14H2,1H3,(H,20,21);1H. The zero-order chi connectivity index (χ0) is 17.5. The number of likely N-dealkylation sites (tertiary alicyclic amines) is 1. The molecule has 0 spiro atoms. The number of piperidine rings is 1. The lowest BCUT2D eigenvalue weighted by molar-refractivity contribution is -0.0367. The number of nitrogens with zero attached hydrogens (tertiary/aromatic N) is 2. The van der Waals surface area contributed by atoms with E-state index in [4.69, 9.17) is 14.5 Å². The van der Waals surface area contributed by atoms with E-state index in [1.54, 1.807) is 0 Å². The van der Waals surface area contributed by atoms with Gasteiger partial charge in [0, 0.05) is 38.7 Å². The minimum Gasteiger partial charge on any atom is -0.393 e. The second-order valence-electron chi connectivity index (χ2n) is 7.61. The van der Waals surface area contributed by atoms with Gasteiger partial charge in [0.05, 0.1) is 24.9 Å². The zero-order valence-electron chi connectivity index (χ0n) is 16.1. The maximum Gasteiger partial charge on any atom is 0.193 e. The predicted molar refractivity (Wildman–Crippen MR) is 114 cm³/mol. The number of nitrogens with one attached hydrogen (secondary N) is 1. The van der Waals surface area contributed by atoms with Gasteiger partial charge in [0.25, 0.3) is 0 Å². The van der Waals surface area contributed by atoms with Crippen molar-refractivity contribution in [3.8, 4) is 0 Å². The van der Waals surface area contributed by atoms with Crippen LogP contribution in [0.5, 0.6) is 0 Å². The number of halogens is 1. The summed E-state index contributed by atoms with van der Waals surface area (Å²) in [5.41, 5.74) is 0. The van der Waals surface area contributed by atoms with Crippen LogP contribution in [0.1, 0.15) is 51.9 Å². The van der Waals surface area contributed by atoms with E-state index in [1.807, 2.05) is 0 Å². The third kappa shape index (κ3) is 6.49. The number of hydrogen-bond acceptors (Lipinski definition) is 4. The molecular formula is C19H36IN3O3. The van der Waals surface area contributed by atoms with Gasteiger partial charge in [-0.3, -0.25) is 4.99 Å². The van der Waals surface area contributed by atoms with Gasteiger partial charge < -0.3 is 24.8 Å². The highest BCUT2D eigenvalue weighted by atomic mass is 127. The second kappa shape index (κ2) is 11.7. The normalized spacial score (nSPS) is 30.5. The van der Waals surface area contributed by atoms with E-state index < -0.39 is 0 Å². The summed E-state index contributed by atoms with van der Waals surface area (Å²) in [5, 5.41) is 13.4. The predicted octanol–water partition coefficient (Wildman–Crippen LogP) is 2.39. The summed E-state index contributed by atoms with van der Waals surface area (Å²) in [5.74, 6) is 1.33. The van der Waals surface area contributed by atoms with Gasteiger partial charge in [-0.2, -0.15) is 0 Å². The van der Waals surface area contributed by atoms with Gasteiger partial charge in [-0.15, -0.1) is 24.0 Å². The fraction of sp³-hybridized carbons (Fsp3) is 0.947. The van der Waals surface area contributed by atoms with Crippen LogP contribution in [0.25, 0.3) is 0 Å². The first-order chi connectivity index (χ1) is 12.3. The smallest absolute Gasteiger partial charge is 0.193 e. The van der Waals surface area contributed by atoms with E-state index in [2.05, 4.69) is 17.1 Å². The van der Waals surface area contributed by atoms with Crippen molar-refractivity contribution in [1.82, 2.24) is 10.2 Å². The Bertz CT molecular complexity index is 424. The molecule has 2 saturated heterocycles. The molecule has 3 rings (SSSR count). The van der Waals surface area contributed by atoms with E-state index in [0.717, 1.165) is 83.9 Å². The Morgan fingerprint density at radius 3 is 2.62 bits per heavy atom. The van der Waals surface area contributed by atoms with E-state index >= 15 is 0 Å². The molecular weight excluding hydrogens is 445 g/mol. The second-order valence-corrected chi connectivity index (χ2v) is 7.61. The third-order valence-corrected chi connectivity index (χ3v) is 5.71. The number of aliphatic hydroxyl groups is 1. The monoisotopic (exact) mass is 481 g/mol. The fourth-order valence-corrected chi connectivity index (χ4v) is 4.11. The van der Waals surface area contributed by atoms with Crippen LogP contribution >= 0.6 is 24.0 Å². The number of guanidine groups is 1. The van der Waals surface area contributed by atoms with Crippen molar-refractivity contribution in [3.05, 3.63) is 0 Å². The van der Waals surface area contributed by atoms with Crippen LogP contribution in [-0.2, 0) is 9.47 Å². The van der Waals surface area contributed by atoms with Crippen molar-refractivity contribution < 1.29 is 14.6 Å². The van der Waals surface area contributed by atoms with Crippen LogP contribution in [0.4, 0.5) is 0 Å². The maximum absolute atomic E-state index is 10.00. The Labute approximate surface area is 175 Å². The molecule has 3 unspecified atom stereocenters. The molecule has 2 heterocycles. The molecule has 6 nitrogen and oxygen atoms in total. The van der Waals surface area contributed by atoms with Gasteiger partial charge in [0.1, 0.15) is 0 Å². The maximum atomic E-state index is 10.00. The molecule has 2 N–H and O–H groups in total. The van der Waals surface area contributed by atoms with Gasteiger partial charge in [-0.25, -0.2) is 0 Å². The Morgan fingerprint density at radius 1 is 1.19 bits per heavy atom. The van der Waals surface area contributed by atoms with Crippen LogP contribution in [0.2, 0.25) is 0 Å². The molecule has 2 aliphatic heterocycles. The number of aliphatic imine (C=N–C) groups is 1. The zero-order valence-corrected chi connectivity index (χ0v) is 18.4. The summed E-state index contributed by atoms with van der Waals surface area (Å²) in [6.45, 7) is 7.32. The highest BCUT2D eigenvalue weighted by molar-refractivity contribution is 14.0. The topological polar surface area (TPSA) is 66.3 Å². The summed E-state index contributed by atoms with van der Waals surface area (Å²) >= 11 is 0. The first-order valence-corrected chi connectivity index (χ1v) is 10.2. The molecule has 0 aromatic carbocycles. The summed E-state index contributed by atoms with van der Waals surface area (Å²) in [4.78, 5) is 7.16. The molecule has 0 aromatic heterocycles. The molecule has 0 amide bonds. The largest absolute Gasteiger partial charge is 0.393 e. The molecule has 152 valence electrons. The molecule has 3 fully saturated rings. The molecule has 0 radical (unpaired) electrons. The molecule has 7 heteroatoms. The van der Waals surface area contributed by atoms with E-state index in [9.17, 15) is 5.11 Å². The van der Waals surface area contributed by atoms with Crippen molar-refractivity contribution in [2.24, 2.45) is 10.9 Å². The minimum atomic E-state index is -0.163. The molecule has 1 aliphatic carbocycles. The summed E-state index contributed by atoms with van der Waals surface area (Å²) in [6.07, 6.45) is 8.07. The van der Waals surface area contributed by atoms with E-state index in [0.29, 0.717) is 18.1 Å². The minimum absolute atomic E-state index is 0. The lowest BCUT2D eigenvalue weighted by Crippen LogP contribution is -2.47. The van der Waals surface area contributed by atoms with Crippen LogP contribution in [-0.4, -0.2) is 73.7 Å². The van der Waals surface area contributed by atoms with Crippen LogP contribution in [0.3, 0.4) is 0 Å². The summed E-state index contributed by atoms with van der Waals surface area (Å²) in [7, 11) is 0. The van der Waals surface area contributed by atoms with E-state index in [1.165, 1.54) is 6.42 Å². The van der Waals surface area contributed by atoms with Gasteiger partial charge in [-0.05, 0) is 45.4 Å². The van der Waals surface area contributed by atoms with Gasteiger partial charge in [0.15, 0.2) is 5.96 Å². The lowest BCUT2D eigenvalue weighted by atomic mass is 10.1. The van der Waals surface area contributed by atoms with E-state index in [-0.39, 0.29) is 30.1 Å². The number of hydrogen-bond donors (Lipinski definition) is 2. The van der Waals surface area contributed by atoms with Crippen LogP contribution in [0, 0.1) is 5.92 Å². The van der Waals surface area contributed by atoms with Crippen molar-refractivity contribution in [2.75, 3.05) is 39.4 Å². The average molecular weight is 481 g/mol. The Morgan fingerprint density at radius 2 is 2.00 bits per heavy atom. The van der Waals surface area contributed by atoms with Gasteiger partial charge in [0.2, 0.25) is 0 Å². The number of rotatable bonds is 6. The Kier molecular flexibility index (Phi) is 9.94. The Hall–Kier alpha value is -0.120. The van der Waals surface area contributed by atoms with Crippen molar-refractivity contribution in [1.29, 1.82) is 0 Å². The third-order valence-electron chi connectivity index (χ3n) is 5.71. The molecule has 26 heavy (non-hydrogen) atoms. The first-order valence-electron chi connectivity index (χ1n) is 10.2. The number of aliphatic hydroxyl groups excluding tert-OH is 1. The molecule has 3 aliphatic rings. The molecule has 3 atom stereocenters. The molecule has 1 saturated carbocycles. The molecule has 0 bridgehead atoms. The summed E-state index contributed by atoms with van der Waals surface area (Å²) in [6, 6.07) is 0. The van der Waals surface area contributed by atoms with Crippen LogP contribution < -0.4 is 5.32 Å². The molecule has 0 aromatic rings. The van der Waals surface area contributed by atoms with Gasteiger partial charge >= 0.3 is 0 Å². The number of ether oxygens (including phenoxy) is 2. The highest BCUT2D eigenvalue weighted by Gasteiger charge is 2.27. The SMILES string of the molecule is CCNC(=NCC1CCCC1O)N1CCC(OCC2CCCO2)CC1.I. The lowest BCUT2D eigenvalue weighted by Gasteiger charge is -2.34. The summed E-state index contributed by atoms with van der Waals surface area (Å²) < 4.78 is 11.7. The van der Waals surface area contributed by atoms with Crippen molar-refractivity contribution >= 4 is 29.9 Å². The Balaban J connectivity index is 0.00000243. The first kappa shape index (κ1) is 22.2. The van der Waals surface area contributed by atoms with Crippen molar-refractivity contribution in [3.63, 3.8) is 0 Å². The van der Waals surface area contributed by atoms with Gasteiger partial charge in [-0.1, -0.05) is 6.42 Å². The fourth-order valence-electron chi connectivity index (χ4n) is 4.11. The highest BCUT2D eigenvalue weighted by Crippen LogP contribution is 2.25. The van der Waals surface area contributed by atoms with Crippen LogP contribution in [0.15, 0.2) is 4.99 Å². The van der Waals surface area contributed by atoms with Crippen molar-refractivity contribution in [2.45, 2.75) is 70.2 Å². The average Bonchev–Trinajstić information content (AvgIpc) is 3.29. The quantitative estimate of drug-likeness (QED) is 0.347.